The molecule has 3 heterocycles. The average Bonchev–Trinajstić information content (AvgIpc) is 3.07. The first-order valence-corrected chi connectivity index (χ1v) is 14.7. The smallest absolute Gasteiger partial charge is 0.341 e. The van der Waals surface area contributed by atoms with Crippen molar-refractivity contribution in [1.82, 2.24) is 15.0 Å². The van der Waals surface area contributed by atoms with E-state index < -0.39 is 0 Å². The minimum Gasteiger partial charge on any atom is -0.341 e. The van der Waals surface area contributed by atoms with E-state index in [1.54, 1.807) is 0 Å². The molecule has 0 bridgehead atoms. The van der Waals surface area contributed by atoms with E-state index in [1.807, 2.05) is 74.9 Å². The number of fused-ring (bicyclic) bond motifs is 1. The van der Waals surface area contributed by atoms with E-state index >= 15 is 0 Å². The van der Waals surface area contributed by atoms with Gasteiger partial charge in [-0.2, -0.15) is 24.3 Å². The largest absolute Gasteiger partial charge is 3.00 e. The van der Waals surface area contributed by atoms with Gasteiger partial charge < -0.3 is 9.97 Å². The van der Waals surface area contributed by atoms with Crippen molar-refractivity contribution in [2.45, 2.75) is 27.7 Å². The van der Waals surface area contributed by atoms with Crippen molar-refractivity contribution in [3.05, 3.63) is 162 Å². The summed E-state index contributed by atoms with van der Waals surface area (Å²) in [7, 11) is 0. The molecule has 4 heteroatoms. The van der Waals surface area contributed by atoms with Gasteiger partial charge in [0.25, 0.3) is 0 Å². The number of hydrogen-bond acceptors (Lipinski definition) is 3. The maximum atomic E-state index is 4.49. The summed E-state index contributed by atoms with van der Waals surface area (Å²) in [6, 6.07) is 45.1. The van der Waals surface area contributed by atoms with Crippen LogP contribution in [0, 0.1) is 45.9 Å². The van der Waals surface area contributed by atoms with Gasteiger partial charge in [-0.15, -0.1) is 52.2 Å². The molecule has 4 aromatic carbocycles. The Morgan fingerprint density at radius 3 is 2.09 bits per heavy atom. The molecule has 0 amide bonds. The van der Waals surface area contributed by atoms with Crippen LogP contribution in [0.3, 0.4) is 0 Å². The minimum atomic E-state index is 0. The van der Waals surface area contributed by atoms with Gasteiger partial charge in [0.05, 0.1) is 0 Å². The molecule has 0 unspecified atom stereocenters. The Labute approximate surface area is 279 Å². The summed E-state index contributed by atoms with van der Waals surface area (Å²) in [5.74, 6) is 0. The van der Waals surface area contributed by atoms with Crippen molar-refractivity contribution in [2.24, 2.45) is 0 Å². The topological polar surface area (TPSA) is 38.7 Å². The van der Waals surface area contributed by atoms with E-state index in [0.29, 0.717) is 0 Å². The molecule has 0 aliphatic heterocycles. The Hall–Kier alpha value is -4.76. The number of nitrogens with zero attached hydrogens (tertiary/aromatic N) is 3. The third kappa shape index (κ3) is 7.32. The van der Waals surface area contributed by atoms with Gasteiger partial charge in [-0.05, 0) is 59.4 Å². The van der Waals surface area contributed by atoms with Crippen LogP contribution in [-0.4, -0.2) is 15.0 Å². The fraction of sp³-hybridized carbons (Fsp3) is 0.0976. The van der Waals surface area contributed by atoms with Crippen LogP contribution in [0.5, 0.6) is 0 Å². The van der Waals surface area contributed by atoms with E-state index in [0.717, 1.165) is 39.2 Å². The molecule has 7 aromatic rings. The van der Waals surface area contributed by atoms with Crippen LogP contribution < -0.4 is 0 Å². The first kappa shape index (κ1) is 31.7. The molecule has 0 saturated heterocycles. The van der Waals surface area contributed by atoms with Gasteiger partial charge in [0.2, 0.25) is 0 Å². The molecule has 3 aromatic heterocycles. The summed E-state index contributed by atoms with van der Waals surface area (Å²) in [5.41, 5.74) is 13.2. The van der Waals surface area contributed by atoms with Gasteiger partial charge in [0.1, 0.15) is 0 Å². The van der Waals surface area contributed by atoms with E-state index in [1.165, 1.54) is 38.8 Å². The van der Waals surface area contributed by atoms with Crippen molar-refractivity contribution in [1.29, 1.82) is 0 Å². The molecule has 0 spiro atoms. The standard InChI is InChI=1S/C27H19N2.C14H13N.Ir/c1-19-8-10-20(11-9-19)23-12-13-24(25-14-16-28-18-26(23)25)21-5-4-6-22(17-21)27-7-2-3-15-29-27;1-10-4-7-13(8-5-10)14-9-6-11(2)12(3)15-14;/h2-5,7-18H,1H3;4-7H,1-3H3;/q-1;-2;+3. The fourth-order valence-electron chi connectivity index (χ4n) is 5.09. The van der Waals surface area contributed by atoms with Crippen LogP contribution in [0.15, 0.2) is 122 Å². The van der Waals surface area contributed by atoms with Gasteiger partial charge >= 0.3 is 20.1 Å². The van der Waals surface area contributed by atoms with Crippen LogP contribution in [-0.2, 0) is 20.1 Å². The Morgan fingerprint density at radius 2 is 1.38 bits per heavy atom. The number of pyridine rings is 3. The van der Waals surface area contributed by atoms with Crippen LogP contribution in [0.25, 0.3) is 55.5 Å². The number of rotatable bonds is 4. The molecule has 3 nitrogen and oxygen atoms in total. The van der Waals surface area contributed by atoms with Gasteiger partial charge in [-0.25, -0.2) is 17.7 Å². The zero-order valence-corrected chi connectivity index (χ0v) is 28.1. The van der Waals surface area contributed by atoms with Gasteiger partial charge in [-0.1, -0.05) is 67.9 Å². The van der Waals surface area contributed by atoms with Crippen LogP contribution in [0.1, 0.15) is 22.4 Å². The van der Waals surface area contributed by atoms with Gasteiger partial charge in [0.15, 0.2) is 0 Å². The average molecular weight is 759 g/mol. The number of aryl methyl sites for hydroxylation is 4. The molecule has 0 N–H and O–H groups in total. The quantitative estimate of drug-likeness (QED) is 0.168. The molecular formula is C41H32IrN3. The first-order valence-electron chi connectivity index (χ1n) is 14.7. The molecule has 0 fully saturated rings. The van der Waals surface area contributed by atoms with Gasteiger partial charge in [0, 0.05) is 24.0 Å². The molecular weight excluding hydrogens is 727 g/mol. The third-order valence-electron chi connectivity index (χ3n) is 7.73. The van der Waals surface area contributed by atoms with Crippen LogP contribution >= 0.6 is 0 Å². The van der Waals surface area contributed by atoms with Crippen molar-refractivity contribution >= 4 is 10.8 Å². The molecule has 220 valence electrons. The molecule has 45 heavy (non-hydrogen) atoms. The molecule has 0 aliphatic rings. The van der Waals surface area contributed by atoms with Crippen LogP contribution in [0.2, 0.25) is 0 Å². The summed E-state index contributed by atoms with van der Waals surface area (Å²) in [4.78, 5) is 13.4. The molecule has 0 saturated carbocycles. The zero-order chi connectivity index (χ0) is 30.5. The number of aromatic nitrogens is 3. The summed E-state index contributed by atoms with van der Waals surface area (Å²) in [5, 5.41) is 2.34. The second kappa shape index (κ2) is 14.3. The second-order valence-corrected chi connectivity index (χ2v) is 11.0. The summed E-state index contributed by atoms with van der Waals surface area (Å²) in [6.45, 7) is 8.22. The Morgan fingerprint density at radius 1 is 0.600 bits per heavy atom. The molecule has 0 radical (unpaired) electrons. The second-order valence-electron chi connectivity index (χ2n) is 11.0. The monoisotopic (exact) mass is 759 g/mol. The summed E-state index contributed by atoms with van der Waals surface area (Å²) in [6.07, 6.45) is 5.63. The maximum absolute atomic E-state index is 4.49. The number of benzene rings is 4. The Balaban J connectivity index is 0.000000212. The predicted molar refractivity (Wildman–Crippen MR) is 181 cm³/mol. The molecule has 7 rings (SSSR count). The maximum Gasteiger partial charge on any atom is 3.00 e. The van der Waals surface area contributed by atoms with Crippen molar-refractivity contribution in [2.75, 3.05) is 0 Å². The van der Waals surface area contributed by atoms with E-state index in [9.17, 15) is 0 Å². The minimum absolute atomic E-state index is 0. The fourth-order valence-corrected chi connectivity index (χ4v) is 5.09. The van der Waals surface area contributed by atoms with E-state index in [-0.39, 0.29) is 20.1 Å². The number of hydrogen-bond donors (Lipinski definition) is 0. The Kier molecular flexibility index (Phi) is 10.1. The normalized spacial score (nSPS) is 10.5. The van der Waals surface area contributed by atoms with Crippen molar-refractivity contribution < 1.29 is 20.1 Å². The first-order chi connectivity index (χ1) is 21.5. The zero-order valence-electron chi connectivity index (χ0n) is 25.7. The molecule has 0 aliphatic carbocycles. The SMILES string of the molecule is Cc1c[c-]c(-c2[c-]cc(C)c(C)n2)cc1.Cc1ccc(-c2ccc(-c3cc[c-]c(-c4ccccn4)c3)c3ccncc23)cc1.[Ir+3]. The van der Waals surface area contributed by atoms with Crippen LogP contribution in [0.4, 0.5) is 0 Å². The molecule has 0 atom stereocenters. The van der Waals surface area contributed by atoms with Crippen molar-refractivity contribution in [3.8, 4) is 44.8 Å². The Bertz CT molecular complexity index is 2030. The van der Waals surface area contributed by atoms with Crippen molar-refractivity contribution in [3.63, 3.8) is 0 Å². The van der Waals surface area contributed by atoms with E-state index in [4.69, 9.17) is 0 Å². The van der Waals surface area contributed by atoms with Gasteiger partial charge in [-0.3, -0.25) is 4.98 Å². The summed E-state index contributed by atoms with van der Waals surface area (Å²) < 4.78 is 0. The third-order valence-corrected chi connectivity index (χ3v) is 7.73. The predicted octanol–water partition coefficient (Wildman–Crippen LogP) is 10.0. The van der Waals surface area contributed by atoms with E-state index in [2.05, 4.69) is 108 Å². The summed E-state index contributed by atoms with van der Waals surface area (Å²) >= 11 is 0.